The van der Waals surface area contributed by atoms with Gasteiger partial charge >= 0.3 is 0 Å². The summed E-state index contributed by atoms with van der Waals surface area (Å²) < 4.78 is 1.93. The predicted molar refractivity (Wildman–Crippen MR) is 130 cm³/mol. The van der Waals surface area contributed by atoms with E-state index in [4.69, 9.17) is 5.10 Å². The molecule has 158 valence electrons. The molecule has 1 aromatic heterocycles. The van der Waals surface area contributed by atoms with Gasteiger partial charge in [0.25, 0.3) is 5.91 Å². The van der Waals surface area contributed by atoms with Gasteiger partial charge in [0, 0.05) is 16.6 Å². The van der Waals surface area contributed by atoms with E-state index >= 15 is 0 Å². The monoisotopic (exact) mass is 420 g/mol. The molecule has 0 aliphatic carbocycles. The lowest BCUT2D eigenvalue weighted by Gasteiger charge is -2.14. The van der Waals surface area contributed by atoms with Crippen molar-refractivity contribution in [2.45, 2.75) is 27.7 Å². The number of nitrogens with zero attached hydrogens (tertiary/aromatic N) is 4. The Morgan fingerprint density at radius 2 is 1.56 bits per heavy atom. The summed E-state index contributed by atoms with van der Waals surface area (Å²) in [5.41, 5.74) is 7.10. The van der Waals surface area contributed by atoms with Crippen LogP contribution in [0.2, 0.25) is 0 Å². The first kappa shape index (κ1) is 19.9. The largest absolute Gasteiger partial charge is 0.280 e. The molecule has 3 aromatic carbocycles. The molecular formula is C27H24N4O. The zero-order chi connectivity index (χ0) is 22.4. The van der Waals surface area contributed by atoms with Gasteiger partial charge in [-0.1, -0.05) is 54.1 Å². The summed E-state index contributed by atoms with van der Waals surface area (Å²) in [6.07, 6.45) is 1.93. The van der Waals surface area contributed by atoms with Crippen LogP contribution in [0.3, 0.4) is 0 Å². The van der Waals surface area contributed by atoms with Gasteiger partial charge in [-0.3, -0.25) is 4.79 Å². The SMILES string of the molecule is CC1=NN(c2cccc3ccccc23)C(=O)/C1=C\c1c(C)nn(-c2ccc(C)cc2)c1C. The summed E-state index contributed by atoms with van der Waals surface area (Å²) in [4.78, 5) is 13.4. The Morgan fingerprint density at radius 1 is 0.844 bits per heavy atom. The van der Waals surface area contributed by atoms with Gasteiger partial charge in [-0.05, 0) is 57.4 Å². The van der Waals surface area contributed by atoms with Crippen molar-refractivity contribution in [3.8, 4) is 5.69 Å². The molecule has 4 aromatic rings. The maximum absolute atomic E-state index is 13.4. The zero-order valence-electron chi connectivity index (χ0n) is 18.6. The van der Waals surface area contributed by atoms with Crippen molar-refractivity contribution >= 4 is 34.2 Å². The number of aryl methyl sites for hydroxylation is 2. The Hall–Kier alpha value is -3.99. The second-order valence-corrected chi connectivity index (χ2v) is 8.19. The maximum Gasteiger partial charge on any atom is 0.280 e. The first-order valence-corrected chi connectivity index (χ1v) is 10.7. The Labute approximate surface area is 187 Å². The van der Waals surface area contributed by atoms with Crippen LogP contribution in [0.1, 0.15) is 29.4 Å². The molecule has 0 unspecified atom stereocenters. The van der Waals surface area contributed by atoms with Crippen molar-refractivity contribution in [2.75, 3.05) is 5.01 Å². The lowest BCUT2D eigenvalue weighted by Crippen LogP contribution is -2.21. The minimum atomic E-state index is -0.124. The van der Waals surface area contributed by atoms with Crippen LogP contribution in [0, 0.1) is 20.8 Å². The zero-order valence-corrected chi connectivity index (χ0v) is 18.6. The summed E-state index contributed by atoms with van der Waals surface area (Å²) >= 11 is 0. The molecular weight excluding hydrogens is 396 g/mol. The van der Waals surface area contributed by atoms with E-state index in [2.05, 4.69) is 36.3 Å². The Bertz CT molecular complexity index is 1420. The molecule has 5 rings (SSSR count). The second-order valence-electron chi connectivity index (χ2n) is 8.19. The maximum atomic E-state index is 13.4. The molecule has 5 heteroatoms. The molecule has 0 atom stereocenters. The lowest BCUT2D eigenvalue weighted by atomic mass is 10.1. The van der Waals surface area contributed by atoms with E-state index in [0.29, 0.717) is 11.3 Å². The highest BCUT2D eigenvalue weighted by Gasteiger charge is 2.30. The van der Waals surface area contributed by atoms with Crippen molar-refractivity contribution in [2.24, 2.45) is 5.10 Å². The summed E-state index contributed by atoms with van der Waals surface area (Å²) in [5, 5.41) is 12.9. The van der Waals surface area contributed by atoms with E-state index in [-0.39, 0.29) is 5.91 Å². The fraction of sp³-hybridized carbons (Fsp3) is 0.148. The van der Waals surface area contributed by atoms with Gasteiger partial charge in [-0.2, -0.15) is 15.2 Å². The van der Waals surface area contributed by atoms with Crippen molar-refractivity contribution < 1.29 is 4.79 Å². The van der Waals surface area contributed by atoms with E-state index < -0.39 is 0 Å². The number of rotatable bonds is 3. The fourth-order valence-corrected chi connectivity index (χ4v) is 4.19. The van der Waals surface area contributed by atoms with Crippen LogP contribution in [0.4, 0.5) is 5.69 Å². The van der Waals surface area contributed by atoms with Gasteiger partial charge in [0.05, 0.1) is 28.4 Å². The number of benzene rings is 3. The number of amides is 1. The molecule has 0 radical (unpaired) electrons. The van der Waals surface area contributed by atoms with Crippen molar-refractivity contribution in [3.63, 3.8) is 0 Å². The summed E-state index contributed by atoms with van der Waals surface area (Å²) in [5.74, 6) is -0.124. The molecule has 0 fully saturated rings. The van der Waals surface area contributed by atoms with Crippen LogP contribution in [-0.2, 0) is 4.79 Å². The number of carbonyl (C=O) groups excluding carboxylic acids is 1. The number of anilines is 1. The smallest absolute Gasteiger partial charge is 0.267 e. The standard InChI is InChI=1S/C27H24N4O/c1-17-12-14-22(15-13-17)30-20(4)24(18(2)28-30)16-25-19(3)29-31(27(25)32)26-11-7-9-21-8-5-6-10-23(21)26/h5-16H,1-4H3/b25-16-. The first-order valence-electron chi connectivity index (χ1n) is 10.7. The summed E-state index contributed by atoms with van der Waals surface area (Å²) in [6, 6.07) is 22.2. The number of hydrogen-bond acceptors (Lipinski definition) is 3. The molecule has 0 N–H and O–H groups in total. The Morgan fingerprint density at radius 3 is 2.34 bits per heavy atom. The summed E-state index contributed by atoms with van der Waals surface area (Å²) in [7, 11) is 0. The highest BCUT2D eigenvalue weighted by molar-refractivity contribution is 6.33. The third-order valence-corrected chi connectivity index (χ3v) is 5.97. The average Bonchev–Trinajstić information content (AvgIpc) is 3.24. The van der Waals surface area contributed by atoms with Gasteiger partial charge in [0.2, 0.25) is 0 Å². The van der Waals surface area contributed by atoms with E-state index in [0.717, 1.165) is 39.1 Å². The van der Waals surface area contributed by atoms with Crippen molar-refractivity contribution in [3.05, 3.63) is 94.8 Å². The molecule has 5 nitrogen and oxygen atoms in total. The van der Waals surface area contributed by atoms with Crippen LogP contribution in [0.25, 0.3) is 22.5 Å². The molecule has 2 heterocycles. The highest BCUT2D eigenvalue weighted by Crippen LogP contribution is 2.32. The molecule has 0 spiro atoms. The number of carbonyl (C=O) groups is 1. The first-order chi connectivity index (χ1) is 15.4. The van der Waals surface area contributed by atoms with E-state index in [9.17, 15) is 4.79 Å². The summed E-state index contributed by atoms with van der Waals surface area (Å²) in [6.45, 7) is 7.94. The Kier molecular flexibility index (Phi) is 4.74. The average molecular weight is 421 g/mol. The molecule has 0 saturated carbocycles. The van der Waals surface area contributed by atoms with E-state index in [1.54, 1.807) is 0 Å². The predicted octanol–water partition coefficient (Wildman–Crippen LogP) is 5.76. The van der Waals surface area contributed by atoms with Crippen LogP contribution in [0.5, 0.6) is 0 Å². The van der Waals surface area contributed by atoms with Crippen molar-refractivity contribution in [1.82, 2.24) is 9.78 Å². The third kappa shape index (κ3) is 3.23. The van der Waals surface area contributed by atoms with E-state index in [1.165, 1.54) is 10.6 Å². The van der Waals surface area contributed by atoms with Crippen LogP contribution >= 0.6 is 0 Å². The molecule has 0 saturated heterocycles. The van der Waals surface area contributed by atoms with Gasteiger partial charge < -0.3 is 0 Å². The van der Waals surface area contributed by atoms with Crippen molar-refractivity contribution in [1.29, 1.82) is 0 Å². The number of aromatic nitrogens is 2. The lowest BCUT2D eigenvalue weighted by molar-refractivity contribution is -0.114. The van der Waals surface area contributed by atoms with Gasteiger partial charge in [0.1, 0.15) is 0 Å². The molecule has 1 amide bonds. The number of hydrazone groups is 1. The van der Waals surface area contributed by atoms with Gasteiger partial charge in [-0.25, -0.2) is 4.68 Å². The molecule has 1 aliphatic heterocycles. The highest BCUT2D eigenvalue weighted by atomic mass is 16.2. The minimum absolute atomic E-state index is 0.124. The molecule has 0 bridgehead atoms. The quantitative estimate of drug-likeness (QED) is 0.396. The number of hydrogen-bond donors (Lipinski definition) is 0. The normalized spacial score (nSPS) is 15.1. The van der Waals surface area contributed by atoms with Crippen LogP contribution in [-0.4, -0.2) is 21.4 Å². The fourth-order valence-electron chi connectivity index (χ4n) is 4.19. The third-order valence-electron chi connectivity index (χ3n) is 5.97. The topological polar surface area (TPSA) is 50.5 Å². The van der Waals surface area contributed by atoms with Crippen LogP contribution in [0.15, 0.2) is 77.4 Å². The molecule has 32 heavy (non-hydrogen) atoms. The van der Waals surface area contributed by atoms with Gasteiger partial charge in [-0.15, -0.1) is 0 Å². The second kappa shape index (κ2) is 7.61. The minimum Gasteiger partial charge on any atom is -0.267 e. The van der Waals surface area contributed by atoms with Crippen LogP contribution < -0.4 is 5.01 Å². The van der Waals surface area contributed by atoms with E-state index in [1.807, 2.05) is 74.0 Å². The number of fused-ring (bicyclic) bond motifs is 1. The van der Waals surface area contributed by atoms with Gasteiger partial charge in [0.15, 0.2) is 0 Å². The molecule has 1 aliphatic rings. The Balaban J connectivity index is 1.55.